The van der Waals surface area contributed by atoms with Gasteiger partial charge in [-0.05, 0) is 56.9 Å². The van der Waals surface area contributed by atoms with Crippen LogP contribution in [0.4, 0.5) is 0 Å². The number of carbonyl (C=O) groups is 1. The van der Waals surface area contributed by atoms with Gasteiger partial charge < -0.3 is 19.6 Å². The van der Waals surface area contributed by atoms with Gasteiger partial charge in [0.25, 0.3) is 5.91 Å². The van der Waals surface area contributed by atoms with Crippen LogP contribution in [0, 0.1) is 6.92 Å². The lowest BCUT2D eigenvalue weighted by Crippen LogP contribution is -2.35. The second-order valence-electron chi connectivity index (χ2n) is 10.6. The van der Waals surface area contributed by atoms with E-state index >= 15 is 0 Å². The SMILES string of the molecule is Cc1csc([C@H]2CCCN2C(=O)c2cc(-c3nnc(C(C)(N)Cc4ccccc4)o3)cc(-c3nccn3C)c2)n1. The Hall–Kier alpha value is -4.15. The normalized spacial score (nSPS) is 16.8. The van der Waals surface area contributed by atoms with Crippen molar-refractivity contribution in [3.63, 3.8) is 0 Å². The van der Waals surface area contributed by atoms with Crippen LogP contribution in [-0.4, -0.2) is 42.1 Å². The smallest absolute Gasteiger partial charge is 0.254 e. The monoisotopic (exact) mass is 553 g/mol. The maximum atomic E-state index is 14.0. The van der Waals surface area contributed by atoms with Crippen LogP contribution in [0.15, 0.2) is 70.7 Å². The van der Waals surface area contributed by atoms with Gasteiger partial charge in [-0.3, -0.25) is 4.79 Å². The molecule has 204 valence electrons. The highest BCUT2D eigenvalue weighted by Crippen LogP contribution is 2.36. The molecule has 0 saturated carbocycles. The molecule has 40 heavy (non-hydrogen) atoms. The maximum absolute atomic E-state index is 14.0. The van der Waals surface area contributed by atoms with Gasteiger partial charge in [-0.15, -0.1) is 21.5 Å². The standard InChI is InChI=1S/C30H31N7O2S/c1-19-18-40-27(33-19)24-10-7-12-37(24)28(38)23-15-21(25-32-11-13-36(25)3)14-22(16-23)26-34-35-29(39-26)30(2,31)17-20-8-5-4-6-9-20/h4-6,8-9,11,13-16,18,24H,7,10,12,17,31H2,1-3H3/t24-,30?/m1/s1. The van der Waals surface area contributed by atoms with Crippen molar-refractivity contribution < 1.29 is 9.21 Å². The number of amides is 1. The summed E-state index contributed by atoms with van der Waals surface area (Å²) in [5, 5.41) is 11.7. The number of benzene rings is 2. The summed E-state index contributed by atoms with van der Waals surface area (Å²) in [4.78, 5) is 25.1. The van der Waals surface area contributed by atoms with Crippen molar-refractivity contribution in [2.75, 3.05) is 6.54 Å². The zero-order chi connectivity index (χ0) is 27.9. The van der Waals surface area contributed by atoms with E-state index in [0.29, 0.717) is 35.9 Å². The summed E-state index contributed by atoms with van der Waals surface area (Å²) in [6.07, 6.45) is 5.98. The van der Waals surface area contributed by atoms with E-state index in [1.165, 1.54) is 0 Å². The summed E-state index contributed by atoms with van der Waals surface area (Å²) in [6.45, 7) is 4.54. The van der Waals surface area contributed by atoms with E-state index in [1.54, 1.807) is 17.5 Å². The molecule has 0 radical (unpaired) electrons. The Morgan fingerprint density at radius 2 is 1.98 bits per heavy atom. The molecular formula is C30H31N7O2S. The van der Waals surface area contributed by atoms with E-state index in [1.807, 2.05) is 90.5 Å². The van der Waals surface area contributed by atoms with Gasteiger partial charge in [0.15, 0.2) is 0 Å². The first-order valence-corrected chi connectivity index (χ1v) is 14.2. The van der Waals surface area contributed by atoms with Crippen molar-refractivity contribution in [2.45, 2.75) is 44.7 Å². The summed E-state index contributed by atoms with van der Waals surface area (Å²) in [5.74, 6) is 1.32. The zero-order valence-corrected chi connectivity index (χ0v) is 23.6. The van der Waals surface area contributed by atoms with E-state index < -0.39 is 5.54 Å². The largest absolute Gasteiger partial charge is 0.419 e. The molecule has 1 saturated heterocycles. The molecule has 2 aromatic carbocycles. The van der Waals surface area contributed by atoms with Crippen LogP contribution in [0.5, 0.6) is 0 Å². The number of nitrogens with zero attached hydrogens (tertiary/aromatic N) is 6. The highest BCUT2D eigenvalue weighted by atomic mass is 32.1. The summed E-state index contributed by atoms with van der Waals surface area (Å²) in [6, 6.07) is 15.6. The van der Waals surface area contributed by atoms with Gasteiger partial charge in [-0.2, -0.15) is 0 Å². The Labute approximate surface area is 236 Å². The second kappa shape index (κ2) is 10.4. The molecule has 3 aromatic heterocycles. The number of likely N-dealkylation sites (tertiary alicyclic amines) is 1. The molecule has 1 fully saturated rings. The van der Waals surface area contributed by atoms with Crippen molar-refractivity contribution in [3.05, 3.63) is 94.0 Å². The van der Waals surface area contributed by atoms with Crippen LogP contribution in [-0.2, 0) is 19.0 Å². The number of hydrogen-bond donors (Lipinski definition) is 1. The lowest BCUT2D eigenvalue weighted by Gasteiger charge is -2.23. The van der Waals surface area contributed by atoms with Gasteiger partial charge >= 0.3 is 0 Å². The molecule has 10 heteroatoms. The molecule has 6 rings (SSSR count). The minimum atomic E-state index is -0.864. The van der Waals surface area contributed by atoms with E-state index in [4.69, 9.17) is 10.2 Å². The summed E-state index contributed by atoms with van der Waals surface area (Å²) in [7, 11) is 1.92. The fourth-order valence-electron chi connectivity index (χ4n) is 5.27. The number of thiazole rings is 1. The zero-order valence-electron chi connectivity index (χ0n) is 22.7. The van der Waals surface area contributed by atoms with Crippen molar-refractivity contribution in [1.82, 2.24) is 29.6 Å². The van der Waals surface area contributed by atoms with Gasteiger partial charge in [-0.1, -0.05) is 30.3 Å². The number of nitrogens with two attached hydrogens (primary N) is 1. The summed E-state index contributed by atoms with van der Waals surface area (Å²) >= 11 is 1.61. The number of aryl methyl sites for hydroxylation is 2. The van der Waals surface area contributed by atoms with Crippen molar-refractivity contribution in [2.24, 2.45) is 12.8 Å². The van der Waals surface area contributed by atoms with Crippen LogP contribution < -0.4 is 5.73 Å². The number of rotatable bonds is 7. The third-order valence-electron chi connectivity index (χ3n) is 7.27. The fourth-order valence-corrected chi connectivity index (χ4v) is 6.21. The van der Waals surface area contributed by atoms with E-state index in [9.17, 15) is 4.79 Å². The van der Waals surface area contributed by atoms with Crippen LogP contribution in [0.2, 0.25) is 0 Å². The van der Waals surface area contributed by atoms with Crippen molar-refractivity contribution in [1.29, 1.82) is 0 Å². The Morgan fingerprint density at radius 1 is 1.18 bits per heavy atom. The summed E-state index contributed by atoms with van der Waals surface area (Å²) < 4.78 is 8.07. The molecule has 5 aromatic rings. The Morgan fingerprint density at radius 3 is 2.70 bits per heavy atom. The van der Waals surface area contributed by atoms with E-state index in [0.717, 1.165) is 40.5 Å². The predicted octanol–water partition coefficient (Wildman–Crippen LogP) is 5.30. The third-order valence-corrected chi connectivity index (χ3v) is 8.33. The number of imidazole rings is 1. The molecule has 2 N–H and O–H groups in total. The fraction of sp³-hybridized carbons (Fsp3) is 0.300. The molecule has 0 spiro atoms. The van der Waals surface area contributed by atoms with Crippen LogP contribution >= 0.6 is 11.3 Å². The quantitative estimate of drug-likeness (QED) is 0.291. The Kier molecular flexibility index (Phi) is 6.81. The Balaban J connectivity index is 1.37. The maximum Gasteiger partial charge on any atom is 0.254 e. The third kappa shape index (κ3) is 5.07. The first kappa shape index (κ1) is 26.1. The summed E-state index contributed by atoms with van der Waals surface area (Å²) in [5.41, 5.74) is 9.80. The first-order valence-electron chi connectivity index (χ1n) is 13.3. The second-order valence-corrected chi connectivity index (χ2v) is 11.5. The molecule has 0 bridgehead atoms. The van der Waals surface area contributed by atoms with Crippen molar-refractivity contribution >= 4 is 17.2 Å². The molecule has 1 amide bonds. The van der Waals surface area contributed by atoms with Gasteiger partial charge in [-0.25, -0.2) is 9.97 Å². The lowest BCUT2D eigenvalue weighted by atomic mass is 9.94. The molecule has 1 aliphatic heterocycles. The molecular weight excluding hydrogens is 522 g/mol. The molecule has 1 aliphatic rings. The molecule has 2 atom stereocenters. The van der Waals surface area contributed by atoms with Gasteiger partial charge in [0, 0.05) is 53.8 Å². The van der Waals surface area contributed by atoms with E-state index in [-0.39, 0.29) is 11.9 Å². The predicted molar refractivity (Wildman–Crippen MR) is 153 cm³/mol. The van der Waals surface area contributed by atoms with Crippen LogP contribution in [0.3, 0.4) is 0 Å². The van der Waals surface area contributed by atoms with Crippen LogP contribution in [0.1, 0.15) is 58.3 Å². The average molecular weight is 554 g/mol. The molecule has 4 heterocycles. The molecule has 1 unspecified atom stereocenters. The highest BCUT2D eigenvalue weighted by Gasteiger charge is 2.33. The van der Waals surface area contributed by atoms with E-state index in [2.05, 4.69) is 20.2 Å². The minimum absolute atomic E-state index is 0.0302. The van der Waals surface area contributed by atoms with Gasteiger partial charge in [0.2, 0.25) is 11.8 Å². The number of carbonyl (C=O) groups excluding carboxylic acids is 1. The van der Waals surface area contributed by atoms with Crippen LogP contribution in [0.25, 0.3) is 22.8 Å². The molecule has 9 nitrogen and oxygen atoms in total. The number of hydrogen-bond acceptors (Lipinski definition) is 8. The highest BCUT2D eigenvalue weighted by molar-refractivity contribution is 7.09. The first-order chi connectivity index (χ1) is 19.3. The lowest BCUT2D eigenvalue weighted by molar-refractivity contribution is 0.0735. The number of aromatic nitrogens is 5. The van der Waals surface area contributed by atoms with Gasteiger partial charge in [0.05, 0.1) is 11.6 Å². The minimum Gasteiger partial charge on any atom is -0.419 e. The van der Waals surface area contributed by atoms with Crippen molar-refractivity contribution in [3.8, 4) is 22.8 Å². The average Bonchev–Trinajstić information content (AvgIpc) is 3.75. The molecule has 0 aliphatic carbocycles. The topological polar surface area (TPSA) is 116 Å². The Bertz CT molecular complexity index is 1650. The van der Waals surface area contributed by atoms with Gasteiger partial charge in [0.1, 0.15) is 10.8 Å².